The minimum absolute atomic E-state index is 0.248. The van der Waals surface area contributed by atoms with Crippen molar-refractivity contribution >= 4 is 11.8 Å². The van der Waals surface area contributed by atoms with Crippen molar-refractivity contribution in [2.24, 2.45) is 5.92 Å². The molecule has 7 nitrogen and oxygen atoms in total. The van der Waals surface area contributed by atoms with E-state index in [-0.39, 0.29) is 5.92 Å². The number of carboxylic acid groups (broad SMARTS) is 1. The van der Waals surface area contributed by atoms with Gasteiger partial charge in [-0.2, -0.15) is 4.98 Å². The summed E-state index contributed by atoms with van der Waals surface area (Å²) in [5.74, 6) is 0.439. The molecule has 1 N–H and O–H groups in total. The molecule has 3 aromatic rings. The zero-order valence-corrected chi connectivity index (χ0v) is 19.2. The average Bonchev–Trinajstić information content (AvgIpc) is 3.31. The first-order chi connectivity index (χ1) is 16.5. The summed E-state index contributed by atoms with van der Waals surface area (Å²) in [5.41, 5.74) is 2.62. The van der Waals surface area contributed by atoms with Crippen LogP contribution in [0.3, 0.4) is 0 Å². The quantitative estimate of drug-likeness (QED) is 0.537. The van der Waals surface area contributed by atoms with E-state index in [0.717, 1.165) is 42.5 Å². The monoisotopic (exact) mass is 459 g/mol. The molecule has 1 aliphatic heterocycles. The Balaban J connectivity index is 1.23. The zero-order valence-electron chi connectivity index (χ0n) is 19.2. The molecule has 1 saturated carbocycles. The van der Waals surface area contributed by atoms with Crippen molar-refractivity contribution in [1.82, 2.24) is 15.0 Å². The van der Waals surface area contributed by atoms with Gasteiger partial charge in [-0.25, -0.2) is 0 Å². The van der Waals surface area contributed by atoms with Gasteiger partial charge >= 0.3 is 5.97 Å². The van der Waals surface area contributed by atoms with Gasteiger partial charge < -0.3 is 9.63 Å². The molecule has 1 aliphatic carbocycles. The fraction of sp³-hybridized carbons (Fsp3) is 0.407. The summed E-state index contributed by atoms with van der Waals surface area (Å²) < 4.78 is 5.55. The van der Waals surface area contributed by atoms with Gasteiger partial charge in [0.2, 0.25) is 11.7 Å². The van der Waals surface area contributed by atoms with Crippen molar-refractivity contribution in [1.29, 1.82) is 0 Å². The Bertz CT molecular complexity index is 1150. The lowest BCUT2D eigenvalue weighted by atomic mass is 9.66. The molecular weight excluding hydrogens is 430 g/mol. The minimum atomic E-state index is -0.720. The first-order valence-electron chi connectivity index (χ1n) is 12.0. The van der Waals surface area contributed by atoms with Crippen LogP contribution in [0.1, 0.15) is 49.1 Å². The van der Waals surface area contributed by atoms with Crippen LogP contribution in [0, 0.1) is 5.92 Å². The number of benzene rings is 2. The van der Waals surface area contributed by atoms with Gasteiger partial charge in [0.25, 0.3) is 0 Å². The summed E-state index contributed by atoms with van der Waals surface area (Å²) in [7, 11) is 0. The van der Waals surface area contributed by atoms with E-state index in [0.29, 0.717) is 49.9 Å². The molecule has 1 unspecified atom stereocenters. The smallest absolute Gasteiger partial charge is 0.309 e. The van der Waals surface area contributed by atoms with Crippen LogP contribution >= 0.6 is 0 Å². The largest absolute Gasteiger partial charge is 0.481 e. The summed E-state index contributed by atoms with van der Waals surface area (Å²) in [6.45, 7) is 1.92. The van der Waals surface area contributed by atoms with Crippen LogP contribution in [0.5, 0.6) is 0 Å². The molecule has 2 fully saturated rings. The van der Waals surface area contributed by atoms with E-state index in [1.807, 2.05) is 42.5 Å². The van der Waals surface area contributed by atoms with Crippen LogP contribution < -0.4 is 0 Å². The van der Waals surface area contributed by atoms with E-state index in [1.54, 1.807) is 0 Å². The lowest BCUT2D eigenvalue weighted by Crippen LogP contribution is -2.49. The van der Waals surface area contributed by atoms with Gasteiger partial charge in [-0.15, -0.1) is 0 Å². The molecule has 0 bridgehead atoms. The third-order valence-corrected chi connectivity index (χ3v) is 7.28. The van der Waals surface area contributed by atoms with Gasteiger partial charge in [-0.3, -0.25) is 14.5 Å². The molecule has 7 heteroatoms. The Morgan fingerprint density at radius 3 is 2.56 bits per heavy atom. The van der Waals surface area contributed by atoms with E-state index in [4.69, 9.17) is 9.63 Å². The molecule has 5 rings (SSSR count). The summed E-state index contributed by atoms with van der Waals surface area (Å²) in [6.07, 6.45) is 4.74. The molecule has 2 aliphatic rings. The van der Waals surface area contributed by atoms with Crippen LogP contribution in [-0.2, 0) is 28.0 Å². The third kappa shape index (κ3) is 4.53. The fourth-order valence-corrected chi connectivity index (χ4v) is 5.23. The molecule has 0 spiro atoms. The predicted octanol–water partition coefficient (Wildman–Crippen LogP) is 4.27. The Morgan fingerprint density at radius 1 is 1.09 bits per heavy atom. The number of hydrogen-bond donors (Lipinski definition) is 1. The Kier molecular flexibility index (Phi) is 6.28. The molecule has 34 heavy (non-hydrogen) atoms. The highest BCUT2D eigenvalue weighted by molar-refractivity contribution is 5.90. The van der Waals surface area contributed by atoms with Crippen molar-refractivity contribution in [3.63, 3.8) is 0 Å². The molecule has 176 valence electrons. The first-order valence-corrected chi connectivity index (χ1v) is 12.0. The standard InChI is InChI=1S/C27H29N3O4/c31-23-8-4-5-14-27(23,22-6-2-1-3-7-22)15-13-24-28-25(29-34-24)20-11-9-19(10-12-20)16-30-17-21(18-30)26(32)33/h1-3,6-7,9-12,21H,4-5,8,13-18H2,(H,32,33). The molecule has 1 saturated heterocycles. The number of carboxylic acids is 1. The van der Waals surface area contributed by atoms with Crippen molar-refractivity contribution in [2.45, 2.75) is 50.5 Å². The lowest BCUT2D eigenvalue weighted by Gasteiger charge is -2.36. The summed E-state index contributed by atoms with van der Waals surface area (Å²) in [5, 5.41) is 13.2. The van der Waals surface area contributed by atoms with Gasteiger partial charge in [-0.05, 0) is 30.4 Å². The number of Topliss-reactive ketones (excluding diaryl/α,β-unsaturated/α-hetero) is 1. The van der Waals surface area contributed by atoms with Crippen LogP contribution in [0.4, 0.5) is 0 Å². The van der Waals surface area contributed by atoms with Gasteiger partial charge in [0.05, 0.1) is 11.3 Å². The van der Waals surface area contributed by atoms with Crippen LogP contribution in [-0.4, -0.2) is 45.0 Å². The van der Waals surface area contributed by atoms with Gasteiger partial charge in [0.15, 0.2) is 0 Å². The van der Waals surface area contributed by atoms with E-state index < -0.39 is 11.4 Å². The zero-order chi connectivity index (χ0) is 23.5. The lowest BCUT2D eigenvalue weighted by molar-refractivity contribution is -0.147. The van der Waals surface area contributed by atoms with E-state index in [9.17, 15) is 9.59 Å². The number of rotatable bonds is 8. The highest BCUT2D eigenvalue weighted by atomic mass is 16.5. The van der Waals surface area contributed by atoms with Crippen LogP contribution in [0.15, 0.2) is 59.1 Å². The third-order valence-electron chi connectivity index (χ3n) is 7.28. The SMILES string of the molecule is O=C(O)C1CN(Cc2ccc(-c3noc(CCC4(c5ccccc5)CCCCC4=O)n3)cc2)C1. The highest BCUT2D eigenvalue weighted by Gasteiger charge is 2.41. The van der Waals surface area contributed by atoms with E-state index >= 15 is 0 Å². The number of carbonyl (C=O) groups is 2. The molecular formula is C27H29N3O4. The fourth-order valence-electron chi connectivity index (χ4n) is 5.23. The Labute approximate surface area is 198 Å². The maximum absolute atomic E-state index is 13.1. The maximum Gasteiger partial charge on any atom is 0.309 e. The molecule has 2 aromatic carbocycles. The summed E-state index contributed by atoms with van der Waals surface area (Å²) in [4.78, 5) is 30.7. The summed E-state index contributed by atoms with van der Waals surface area (Å²) in [6, 6.07) is 18.1. The van der Waals surface area contributed by atoms with Crippen LogP contribution in [0.25, 0.3) is 11.4 Å². The molecule has 0 amide bonds. The number of aryl methyl sites for hydroxylation is 1. The van der Waals surface area contributed by atoms with Crippen molar-refractivity contribution in [3.05, 3.63) is 71.6 Å². The number of hydrogen-bond acceptors (Lipinski definition) is 6. The maximum atomic E-state index is 13.1. The van der Waals surface area contributed by atoms with Gasteiger partial charge in [-0.1, -0.05) is 66.2 Å². The number of ketones is 1. The Hall–Kier alpha value is -3.32. The van der Waals surface area contributed by atoms with Crippen LogP contribution in [0.2, 0.25) is 0 Å². The highest BCUT2D eigenvalue weighted by Crippen LogP contribution is 2.40. The van der Waals surface area contributed by atoms with Gasteiger partial charge in [0.1, 0.15) is 5.78 Å². The van der Waals surface area contributed by atoms with E-state index in [1.165, 1.54) is 0 Å². The van der Waals surface area contributed by atoms with Gasteiger partial charge in [0, 0.05) is 38.0 Å². The minimum Gasteiger partial charge on any atom is -0.481 e. The second-order valence-electron chi connectivity index (χ2n) is 9.52. The average molecular weight is 460 g/mol. The first kappa shape index (κ1) is 22.5. The van der Waals surface area contributed by atoms with Crippen molar-refractivity contribution in [2.75, 3.05) is 13.1 Å². The normalized spacial score (nSPS) is 21.4. The topological polar surface area (TPSA) is 96.5 Å². The number of aliphatic carboxylic acids is 1. The second-order valence-corrected chi connectivity index (χ2v) is 9.52. The Morgan fingerprint density at radius 2 is 1.85 bits per heavy atom. The summed E-state index contributed by atoms with van der Waals surface area (Å²) >= 11 is 0. The number of carbonyl (C=O) groups excluding carboxylic acids is 1. The van der Waals surface area contributed by atoms with E-state index in [2.05, 4.69) is 27.2 Å². The van der Waals surface area contributed by atoms with Crippen molar-refractivity contribution in [3.8, 4) is 11.4 Å². The van der Waals surface area contributed by atoms with Crippen molar-refractivity contribution < 1.29 is 19.2 Å². The number of likely N-dealkylation sites (tertiary alicyclic amines) is 1. The molecule has 0 radical (unpaired) electrons. The molecule has 2 heterocycles. The molecule has 1 atom stereocenters. The number of nitrogens with zero attached hydrogens (tertiary/aromatic N) is 3. The second kappa shape index (κ2) is 9.50. The predicted molar refractivity (Wildman–Crippen MR) is 126 cm³/mol. The number of aromatic nitrogens is 2. The molecule has 1 aromatic heterocycles.